The molecule has 2 N–H and O–H groups in total. The van der Waals surface area contributed by atoms with Crippen molar-refractivity contribution in [2.75, 3.05) is 44.8 Å². The van der Waals surface area contributed by atoms with Gasteiger partial charge in [-0.05, 0) is 24.1 Å². The van der Waals surface area contributed by atoms with Crippen LogP contribution in [-0.4, -0.2) is 64.7 Å². The minimum absolute atomic E-state index is 0.0615. The van der Waals surface area contributed by atoms with Crippen molar-refractivity contribution in [1.82, 2.24) is 9.62 Å². The molecule has 9 heteroatoms. The lowest BCUT2D eigenvalue weighted by Gasteiger charge is -2.38. The van der Waals surface area contributed by atoms with Crippen LogP contribution in [0, 0.1) is 5.92 Å². The van der Waals surface area contributed by atoms with E-state index in [0.717, 1.165) is 25.9 Å². The third-order valence-corrected chi connectivity index (χ3v) is 6.91. The number of carbonyl (C=O) groups excluding carboxylic acids is 1. The first-order valence-corrected chi connectivity index (χ1v) is 11.3. The highest BCUT2D eigenvalue weighted by molar-refractivity contribution is 7.89. The van der Waals surface area contributed by atoms with Gasteiger partial charge < -0.3 is 14.8 Å². The van der Waals surface area contributed by atoms with Gasteiger partial charge in [-0.25, -0.2) is 13.1 Å². The molecule has 0 spiro atoms. The second kappa shape index (κ2) is 9.21. The summed E-state index contributed by atoms with van der Waals surface area (Å²) in [6, 6.07) is 4.63. The highest BCUT2D eigenvalue weighted by atomic mass is 32.2. The molecule has 1 amide bonds. The van der Waals surface area contributed by atoms with Crippen LogP contribution in [0.3, 0.4) is 0 Å². The lowest BCUT2D eigenvalue weighted by molar-refractivity contribution is -0.118. The van der Waals surface area contributed by atoms with E-state index in [1.54, 1.807) is 6.07 Å². The molecule has 0 saturated carbocycles. The van der Waals surface area contributed by atoms with Gasteiger partial charge in [0.05, 0.1) is 23.8 Å². The molecule has 2 aliphatic rings. The Balaban J connectivity index is 1.74. The van der Waals surface area contributed by atoms with E-state index in [0.29, 0.717) is 37.1 Å². The van der Waals surface area contributed by atoms with Crippen LogP contribution in [0.15, 0.2) is 23.1 Å². The Morgan fingerprint density at radius 2 is 1.93 bits per heavy atom. The summed E-state index contributed by atoms with van der Waals surface area (Å²) in [5.41, 5.74) is 0.379. The molecule has 0 aromatic heterocycles. The summed E-state index contributed by atoms with van der Waals surface area (Å²) in [4.78, 5) is 13.9. The molecule has 156 valence electrons. The Hall–Kier alpha value is -1.68. The van der Waals surface area contributed by atoms with Gasteiger partial charge in [0.25, 0.3) is 5.91 Å². The first-order valence-electron chi connectivity index (χ1n) is 9.82. The van der Waals surface area contributed by atoms with Gasteiger partial charge in [0.2, 0.25) is 10.0 Å². The molecule has 2 aliphatic heterocycles. The lowest BCUT2D eigenvalue weighted by Crippen LogP contribution is -2.52. The fourth-order valence-corrected chi connectivity index (χ4v) is 4.92. The Morgan fingerprint density at radius 3 is 2.61 bits per heavy atom. The maximum Gasteiger partial charge on any atom is 0.262 e. The SMILES string of the molecule is CCC(CC)C(CNS(=O)(=O)c1ccc2c(c1)NC(=O)CO2)N1CCOCC1. The molecule has 0 bridgehead atoms. The van der Waals surface area contributed by atoms with E-state index in [1.807, 2.05) is 0 Å². The van der Waals surface area contributed by atoms with Crippen LogP contribution < -0.4 is 14.8 Å². The maximum absolute atomic E-state index is 12.9. The maximum atomic E-state index is 12.9. The zero-order chi connectivity index (χ0) is 20.1. The zero-order valence-corrected chi connectivity index (χ0v) is 17.3. The number of anilines is 1. The molecule has 0 radical (unpaired) electrons. The topological polar surface area (TPSA) is 97.0 Å². The third kappa shape index (κ3) is 4.83. The van der Waals surface area contributed by atoms with Crippen LogP contribution in [0.2, 0.25) is 0 Å². The molecule has 1 aromatic carbocycles. The quantitative estimate of drug-likeness (QED) is 0.672. The van der Waals surface area contributed by atoms with Crippen LogP contribution in [0.1, 0.15) is 26.7 Å². The van der Waals surface area contributed by atoms with E-state index in [9.17, 15) is 13.2 Å². The van der Waals surface area contributed by atoms with E-state index < -0.39 is 10.0 Å². The number of rotatable bonds is 8. The summed E-state index contributed by atoms with van der Waals surface area (Å²) in [7, 11) is -3.71. The fourth-order valence-electron chi connectivity index (χ4n) is 3.84. The number of hydrogen-bond acceptors (Lipinski definition) is 6. The lowest BCUT2D eigenvalue weighted by atomic mass is 9.92. The number of amides is 1. The molecular formula is C19H29N3O5S. The number of sulfonamides is 1. The summed E-state index contributed by atoms with van der Waals surface area (Å²) in [6.07, 6.45) is 1.98. The number of benzene rings is 1. The van der Waals surface area contributed by atoms with E-state index in [4.69, 9.17) is 9.47 Å². The van der Waals surface area contributed by atoms with Crippen molar-refractivity contribution in [3.05, 3.63) is 18.2 Å². The molecule has 28 heavy (non-hydrogen) atoms. The van der Waals surface area contributed by atoms with Gasteiger partial charge in [-0.15, -0.1) is 0 Å². The standard InChI is InChI=1S/C19H29N3O5S/c1-3-14(4-2)17(22-7-9-26-10-8-22)12-20-28(24,25)15-5-6-18-16(11-15)21-19(23)13-27-18/h5-6,11,14,17,20H,3-4,7-10,12-13H2,1-2H3,(H,21,23). The van der Waals surface area contributed by atoms with Crippen molar-refractivity contribution in [3.63, 3.8) is 0 Å². The van der Waals surface area contributed by atoms with Crippen LogP contribution in [0.5, 0.6) is 5.75 Å². The molecule has 1 saturated heterocycles. The molecule has 1 atom stereocenters. The number of nitrogens with zero attached hydrogens (tertiary/aromatic N) is 1. The van der Waals surface area contributed by atoms with Gasteiger partial charge in [-0.1, -0.05) is 26.7 Å². The number of carbonyl (C=O) groups is 1. The van der Waals surface area contributed by atoms with Crippen molar-refractivity contribution >= 4 is 21.6 Å². The summed E-state index contributed by atoms with van der Waals surface area (Å²) in [5, 5.41) is 2.65. The average Bonchev–Trinajstić information content (AvgIpc) is 2.71. The predicted octanol–water partition coefficient (Wildman–Crippen LogP) is 1.43. The molecule has 1 aromatic rings. The number of fused-ring (bicyclic) bond motifs is 1. The van der Waals surface area contributed by atoms with Gasteiger partial charge in [-0.3, -0.25) is 9.69 Å². The highest BCUT2D eigenvalue weighted by Gasteiger charge is 2.29. The van der Waals surface area contributed by atoms with Gasteiger partial charge in [-0.2, -0.15) is 0 Å². The first kappa shape index (κ1) is 21.0. The smallest absolute Gasteiger partial charge is 0.262 e. The zero-order valence-electron chi connectivity index (χ0n) is 16.4. The third-order valence-electron chi connectivity index (χ3n) is 5.48. The van der Waals surface area contributed by atoms with Crippen LogP contribution in [0.25, 0.3) is 0 Å². The Labute approximate surface area is 166 Å². The average molecular weight is 412 g/mol. The Bertz CT molecular complexity index is 789. The molecule has 1 unspecified atom stereocenters. The van der Waals surface area contributed by atoms with E-state index in [2.05, 4.69) is 28.8 Å². The van der Waals surface area contributed by atoms with Crippen LogP contribution in [-0.2, 0) is 19.6 Å². The number of nitrogens with one attached hydrogen (secondary N) is 2. The van der Waals surface area contributed by atoms with Crippen LogP contribution >= 0.6 is 0 Å². The van der Waals surface area contributed by atoms with E-state index in [-0.39, 0.29) is 23.5 Å². The van der Waals surface area contributed by atoms with Crippen molar-refractivity contribution in [2.24, 2.45) is 5.92 Å². The largest absolute Gasteiger partial charge is 0.482 e. The van der Waals surface area contributed by atoms with E-state index in [1.165, 1.54) is 12.1 Å². The predicted molar refractivity (Wildman–Crippen MR) is 106 cm³/mol. The first-order chi connectivity index (χ1) is 13.4. The summed E-state index contributed by atoms with van der Waals surface area (Å²) >= 11 is 0. The summed E-state index contributed by atoms with van der Waals surface area (Å²) in [6.45, 7) is 7.53. The van der Waals surface area contributed by atoms with Gasteiger partial charge in [0, 0.05) is 25.7 Å². The van der Waals surface area contributed by atoms with Gasteiger partial charge >= 0.3 is 0 Å². The Kier molecular flexibility index (Phi) is 6.92. The molecular weight excluding hydrogens is 382 g/mol. The Morgan fingerprint density at radius 1 is 1.21 bits per heavy atom. The van der Waals surface area contributed by atoms with E-state index >= 15 is 0 Å². The van der Waals surface area contributed by atoms with Crippen molar-refractivity contribution in [2.45, 2.75) is 37.6 Å². The number of hydrogen-bond donors (Lipinski definition) is 2. The summed E-state index contributed by atoms with van der Waals surface area (Å²) < 4.78 is 39.3. The van der Waals surface area contributed by atoms with Crippen molar-refractivity contribution in [3.8, 4) is 5.75 Å². The van der Waals surface area contributed by atoms with Crippen molar-refractivity contribution < 1.29 is 22.7 Å². The normalized spacial score (nSPS) is 19.0. The fraction of sp³-hybridized carbons (Fsp3) is 0.632. The monoisotopic (exact) mass is 411 g/mol. The minimum Gasteiger partial charge on any atom is -0.482 e. The number of ether oxygens (including phenoxy) is 2. The molecule has 3 rings (SSSR count). The summed E-state index contributed by atoms with van der Waals surface area (Å²) in [5.74, 6) is 0.579. The molecule has 2 heterocycles. The second-order valence-electron chi connectivity index (χ2n) is 7.14. The molecule has 0 aliphatic carbocycles. The van der Waals surface area contributed by atoms with Gasteiger partial charge in [0.1, 0.15) is 5.75 Å². The minimum atomic E-state index is -3.71. The van der Waals surface area contributed by atoms with Gasteiger partial charge in [0.15, 0.2) is 6.61 Å². The highest BCUT2D eigenvalue weighted by Crippen LogP contribution is 2.30. The molecule has 8 nitrogen and oxygen atoms in total. The number of morpholine rings is 1. The van der Waals surface area contributed by atoms with Crippen molar-refractivity contribution in [1.29, 1.82) is 0 Å². The molecule has 1 fully saturated rings. The van der Waals surface area contributed by atoms with Crippen LogP contribution in [0.4, 0.5) is 5.69 Å². The second-order valence-corrected chi connectivity index (χ2v) is 8.91.